The molecule has 1 aromatic heterocycles. The highest BCUT2D eigenvalue weighted by Gasteiger charge is 2.46. The van der Waals surface area contributed by atoms with Gasteiger partial charge in [0.1, 0.15) is 0 Å². The van der Waals surface area contributed by atoms with Crippen LogP contribution in [0.5, 0.6) is 0 Å². The third kappa shape index (κ3) is 4.38. The molecule has 0 spiro atoms. The summed E-state index contributed by atoms with van der Waals surface area (Å²) < 4.78 is 31.7. The second-order valence-corrected chi connectivity index (χ2v) is 9.58. The van der Waals surface area contributed by atoms with E-state index in [2.05, 4.69) is 38.3 Å². The van der Waals surface area contributed by atoms with E-state index >= 15 is 0 Å². The molecule has 164 valence electrons. The van der Waals surface area contributed by atoms with Crippen molar-refractivity contribution in [3.8, 4) is 0 Å². The average Bonchev–Trinajstić information content (AvgIpc) is 3.29. The van der Waals surface area contributed by atoms with Crippen LogP contribution in [-0.4, -0.2) is 54.6 Å². The Morgan fingerprint density at radius 3 is 2.48 bits per heavy atom. The zero-order valence-electron chi connectivity index (χ0n) is 17.5. The van der Waals surface area contributed by atoms with Gasteiger partial charge in [-0.2, -0.15) is 0 Å². The van der Waals surface area contributed by atoms with Crippen molar-refractivity contribution >= 4 is 9.84 Å². The minimum atomic E-state index is -3.55. The summed E-state index contributed by atoms with van der Waals surface area (Å²) in [5.74, 6) is 0. The van der Waals surface area contributed by atoms with E-state index in [0.29, 0.717) is 19.5 Å². The van der Waals surface area contributed by atoms with Crippen LogP contribution in [0.3, 0.4) is 0 Å². The van der Waals surface area contributed by atoms with Crippen molar-refractivity contribution in [3.63, 3.8) is 0 Å². The van der Waals surface area contributed by atoms with Crippen molar-refractivity contribution in [2.75, 3.05) is 19.9 Å². The SMILES string of the molecule is CO[C@]1(c2ccccc2)NCC(n2nnnc2S(C)(=O)=O)C[C@@H]1NCc1ccccc1. The lowest BCUT2D eigenvalue weighted by atomic mass is 9.85. The Kier molecular flexibility index (Phi) is 6.15. The third-order valence-corrected chi connectivity index (χ3v) is 6.59. The van der Waals surface area contributed by atoms with E-state index in [1.165, 1.54) is 4.68 Å². The number of tetrazole rings is 1. The van der Waals surface area contributed by atoms with E-state index in [1.54, 1.807) is 7.11 Å². The van der Waals surface area contributed by atoms with Crippen LogP contribution >= 0.6 is 0 Å². The van der Waals surface area contributed by atoms with E-state index in [9.17, 15) is 8.42 Å². The van der Waals surface area contributed by atoms with Gasteiger partial charge in [0.25, 0.3) is 5.16 Å². The van der Waals surface area contributed by atoms with Gasteiger partial charge < -0.3 is 10.1 Å². The molecule has 0 amide bonds. The quantitative estimate of drug-likeness (QED) is 0.563. The Balaban J connectivity index is 1.67. The summed E-state index contributed by atoms with van der Waals surface area (Å²) in [6, 6.07) is 19.6. The molecule has 1 unspecified atom stereocenters. The number of ether oxygens (including phenoxy) is 1. The average molecular weight is 443 g/mol. The summed E-state index contributed by atoms with van der Waals surface area (Å²) in [5.41, 5.74) is 1.34. The molecule has 0 radical (unpaired) electrons. The maximum atomic E-state index is 12.1. The first-order valence-electron chi connectivity index (χ1n) is 10.0. The molecule has 9 nitrogen and oxygen atoms in total. The van der Waals surface area contributed by atoms with Gasteiger partial charge in [0.15, 0.2) is 5.72 Å². The van der Waals surface area contributed by atoms with Crippen LogP contribution in [0.25, 0.3) is 0 Å². The van der Waals surface area contributed by atoms with Crippen LogP contribution in [0, 0.1) is 0 Å². The molecule has 1 saturated heterocycles. The number of sulfone groups is 1. The van der Waals surface area contributed by atoms with E-state index in [4.69, 9.17) is 4.74 Å². The van der Waals surface area contributed by atoms with Gasteiger partial charge in [-0.25, -0.2) is 13.1 Å². The lowest BCUT2D eigenvalue weighted by molar-refractivity contribution is -0.0994. The van der Waals surface area contributed by atoms with Gasteiger partial charge in [-0.1, -0.05) is 65.8 Å². The molecule has 3 atom stereocenters. The molecule has 1 aliphatic heterocycles. The Bertz CT molecular complexity index is 1110. The van der Waals surface area contributed by atoms with E-state index in [1.807, 2.05) is 48.5 Å². The number of nitrogens with zero attached hydrogens (tertiary/aromatic N) is 4. The first-order chi connectivity index (χ1) is 14.9. The molecule has 10 heteroatoms. The van der Waals surface area contributed by atoms with Gasteiger partial charge >= 0.3 is 0 Å². The van der Waals surface area contributed by atoms with Crippen molar-refractivity contribution in [1.29, 1.82) is 0 Å². The van der Waals surface area contributed by atoms with Crippen molar-refractivity contribution in [2.45, 2.75) is 35.9 Å². The summed E-state index contributed by atoms with van der Waals surface area (Å²) in [6.45, 7) is 1.08. The summed E-state index contributed by atoms with van der Waals surface area (Å²) in [4.78, 5) is 0. The fourth-order valence-electron chi connectivity index (χ4n) is 4.14. The Hall–Kier alpha value is -2.66. The van der Waals surface area contributed by atoms with Crippen LogP contribution < -0.4 is 10.6 Å². The van der Waals surface area contributed by atoms with Crippen molar-refractivity contribution < 1.29 is 13.2 Å². The molecule has 1 fully saturated rings. The first kappa shape index (κ1) is 21.6. The molecule has 4 rings (SSSR count). The number of hydrogen-bond donors (Lipinski definition) is 2. The molecule has 31 heavy (non-hydrogen) atoms. The van der Waals surface area contributed by atoms with E-state index < -0.39 is 15.6 Å². The van der Waals surface area contributed by atoms with Gasteiger partial charge in [0.05, 0.1) is 12.1 Å². The Morgan fingerprint density at radius 2 is 1.84 bits per heavy atom. The fourth-order valence-corrected chi connectivity index (χ4v) is 4.85. The minimum Gasteiger partial charge on any atom is -0.358 e. The molecular formula is C21H26N6O3S. The van der Waals surface area contributed by atoms with Crippen LogP contribution in [0.1, 0.15) is 23.6 Å². The Morgan fingerprint density at radius 1 is 1.16 bits per heavy atom. The van der Waals surface area contributed by atoms with Crippen LogP contribution in [-0.2, 0) is 26.8 Å². The normalized spacial score (nSPS) is 24.2. The molecule has 2 N–H and O–H groups in total. The van der Waals surface area contributed by atoms with Crippen LogP contribution in [0.2, 0.25) is 0 Å². The van der Waals surface area contributed by atoms with E-state index in [0.717, 1.165) is 17.4 Å². The lowest BCUT2D eigenvalue weighted by Gasteiger charge is -2.47. The minimum absolute atomic E-state index is 0.134. The van der Waals surface area contributed by atoms with Gasteiger partial charge in [-0.05, 0) is 22.4 Å². The van der Waals surface area contributed by atoms with Gasteiger partial charge in [-0.3, -0.25) is 5.32 Å². The third-order valence-electron chi connectivity index (χ3n) is 5.66. The highest BCUT2D eigenvalue weighted by atomic mass is 32.2. The highest BCUT2D eigenvalue weighted by molar-refractivity contribution is 7.90. The number of nitrogens with one attached hydrogen (secondary N) is 2. The monoisotopic (exact) mass is 442 g/mol. The predicted molar refractivity (Wildman–Crippen MR) is 115 cm³/mol. The predicted octanol–water partition coefficient (Wildman–Crippen LogP) is 1.27. The zero-order chi connectivity index (χ0) is 21.9. The summed E-state index contributed by atoms with van der Waals surface area (Å²) in [5, 5.41) is 18.3. The number of hydrogen-bond acceptors (Lipinski definition) is 8. The van der Waals surface area contributed by atoms with Crippen molar-refractivity contribution in [1.82, 2.24) is 30.8 Å². The van der Waals surface area contributed by atoms with Crippen molar-refractivity contribution in [3.05, 3.63) is 71.8 Å². The second-order valence-electron chi connectivity index (χ2n) is 7.67. The molecular weight excluding hydrogens is 416 g/mol. The summed E-state index contributed by atoms with van der Waals surface area (Å²) in [6.07, 6.45) is 1.68. The van der Waals surface area contributed by atoms with E-state index in [-0.39, 0.29) is 17.2 Å². The standard InChI is InChI=1S/C21H26N6O3S/c1-30-21(17-11-7-4-8-12-17)19(22-14-16-9-5-3-6-10-16)13-18(15-23-21)27-20(24-25-26-27)31(2,28)29/h3-12,18-19,22-23H,13-15H2,1-2H3/t18?,19-,21-/m0/s1. The van der Waals surface area contributed by atoms with Gasteiger partial charge in [0, 0.05) is 32.0 Å². The maximum Gasteiger partial charge on any atom is 0.267 e. The highest BCUT2D eigenvalue weighted by Crippen LogP contribution is 2.35. The number of piperidine rings is 1. The molecule has 0 bridgehead atoms. The second kappa shape index (κ2) is 8.83. The molecule has 2 aromatic carbocycles. The first-order valence-corrected chi connectivity index (χ1v) is 11.9. The molecule has 0 saturated carbocycles. The smallest absolute Gasteiger partial charge is 0.267 e. The van der Waals surface area contributed by atoms with Crippen LogP contribution in [0.4, 0.5) is 0 Å². The number of rotatable bonds is 7. The van der Waals surface area contributed by atoms with Gasteiger partial charge in [0.2, 0.25) is 9.84 Å². The molecule has 2 heterocycles. The maximum absolute atomic E-state index is 12.1. The molecule has 0 aliphatic carbocycles. The summed E-state index contributed by atoms with van der Waals surface area (Å²) >= 11 is 0. The summed E-state index contributed by atoms with van der Waals surface area (Å²) in [7, 11) is -1.87. The fraction of sp³-hybridized carbons (Fsp3) is 0.381. The topological polar surface area (TPSA) is 111 Å². The number of methoxy groups -OCH3 is 1. The zero-order valence-corrected chi connectivity index (χ0v) is 18.3. The van der Waals surface area contributed by atoms with Gasteiger partial charge in [-0.15, -0.1) is 0 Å². The van der Waals surface area contributed by atoms with Crippen molar-refractivity contribution in [2.24, 2.45) is 0 Å². The molecule has 1 aliphatic rings. The largest absolute Gasteiger partial charge is 0.358 e. The number of benzene rings is 2. The Labute approximate surface area is 181 Å². The van der Waals surface area contributed by atoms with Crippen LogP contribution in [0.15, 0.2) is 65.8 Å². The lowest BCUT2D eigenvalue weighted by Crippen LogP contribution is -2.63. The molecule has 3 aromatic rings. The number of aromatic nitrogens is 4.